The first-order valence-electron chi connectivity index (χ1n) is 9.86. The normalized spacial score (nSPS) is 13.7. The van der Waals surface area contributed by atoms with Crippen LogP contribution in [0.5, 0.6) is 0 Å². The number of hydrogen-bond acceptors (Lipinski definition) is 4. The monoisotopic (exact) mass is 413 g/mol. The number of thiazole rings is 1. The second-order valence-corrected chi connectivity index (χ2v) is 8.21. The molecule has 0 radical (unpaired) electrons. The summed E-state index contributed by atoms with van der Waals surface area (Å²) in [6, 6.07) is 22.9. The fourth-order valence-corrected chi connectivity index (χ4v) is 4.68. The van der Waals surface area contributed by atoms with Crippen LogP contribution in [0.15, 0.2) is 72.8 Å². The summed E-state index contributed by atoms with van der Waals surface area (Å²) in [7, 11) is 0. The van der Waals surface area contributed by atoms with Crippen LogP contribution in [-0.2, 0) is 4.79 Å². The molecule has 0 spiro atoms. The summed E-state index contributed by atoms with van der Waals surface area (Å²) >= 11 is 1.60. The van der Waals surface area contributed by atoms with E-state index in [2.05, 4.69) is 5.32 Å². The highest BCUT2D eigenvalue weighted by Gasteiger charge is 2.22. The van der Waals surface area contributed by atoms with Crippen molar-refractivity contribution in [1.29, 1.82) is 0 Å². The summed E-state index contributed by atoms with van der Waals surface area (Å²) in [5.74, 6) is -0.0557. The van der Waals surface area contributed by atoms with Gasteiger partial charge in [0.1, 0.15) is 5.01 Å². The summed E-state index contributed by atoms with van der Waals surface area (Å²) < 4.78 is 1.11. The molecular weight excluding hydrogens is 394 g/mol. The lowest BCUT2D eigenvalue weighted by Crippen LogP contribution is -2.23. The number of anilines is 2. The molecule has 148 valence electrons. The van der Waals surface area contributed by atoms with Gasteiger partial charge in [-0.25, -0.2) is 4.98 Å². The van der Waals surface area contributed by atoms with Crippen LogP contribution in [0.2, 0.25) is 0 Å². The van der Waals surface area contributed by atoms with Gasteiger partial charge in [-0.2, -0.15) is 0 Å². The van der Waals surface area contributed by atoms with Crippen LogP contribution in [0.1, 0.15) is 23.2 Å². The van der Waals surface area contributed by atoms with Crippen LogP contribution in [0.4, 0.5) is 11.4 Å². The van der Waals surface area contributed by atoms with E-state index in [-0.39, 0.29) is 11.8 Å². The first-order valence-corrected chi connectivity index (χ1v) is 10.7. The smallest absolute Gasteiger partial charge is 0.255 e. The number of aromatic nitrogens is 1. The highest BCUT2D eigenvalue weighted by molar-refractivity contribution is 7.21. The van der Waals surface area contributed by atoms with Crippen LogP contribution in [0.3, 0.4) is 0 Å². The summed E-state index contributed by atoms with van der Waals surface area (Å²) in [5, 5.41) is 3.88. The van der Waals surface area contributed by atoms with E-state index in [0.717, 1.165) is 45.1 Å². The molecule has 2 heterocycles. The zero-order valence-corrected chi connectivity index (χ0v) is 17.0. The quantitative estimate of drug-likeness (QED) is 0.491. The Kier molecular flexibility index (Phi) is 4.77. The molecule has 0 atom stereocenters. The summed E-state index contributed by atoms with van der Waals surface area (Å²) in [5.41, 5.74) is 3.95. The SMILES string of the molecule is O=C(Nc1ccccc1-c1nc2ccccc2s1)c1ccc(N2CCCC2=O)cc1. The van der Waals surface area contributed by atoms with Gasteiger partial charge in [-0.05, 0) is 55.0 Å². The van der Waals surface area contributed by atoms with Gasteiger partial charge in [0.15, 0.2) is 0 Å². The van der Waals surface area contributed by atoms with E-state index < -0.39 is 0 Å². The number of benzene rings is 3. The third kappa shape index (κ3) is 3.46. The van der Waals surface area contributed by atoms with Gasteiger partial charge in [-0.3, -0.25) is 9.59 Å². The molecule has 1 aliphatic heterocycles. The Hall–Kier alpha value is -3.51. The molecular formula is C24H19N3O2S. The number of para-hydroxylation sites is 2. The number of rotatable bonds is 4. The Morgan fingerprint density at radius 3 is 2.50 bits per heavy atom. The summed E-state index contributed by atoms with van der Waals surface area (Å²) in [6.07, 6.45) is 1.47. The molecule has 0 unspecified atom stereocenters. The number of carbonyl (C=O) groups is 2. The molecule has 4 aromatic rings. The first kappa shape index (κ1) is 18.5. The third-order valence-electron chi connectivity index (χ3n) is 5.21. The number of fused-ring (bicyclic) bond motifs is 1. The Labute approximate surface area is 178 Å². The standard InChI is InChI=1S/C24H19N3O2S/c28-22-10-5-15-27(22)17-13-11-16(12-14-17)23(29)25-19-7-2-1-6-18(19)24-26-20-8-3-4-9-21(20)30-24/h1-4,6-9,11-14H,5,10,15H2,(H,25,29). The van der Waals surface area contributed by atoms with Crippen molar-refractivity contribution in [2.45, 2.75) is 12.8 Å². The Bertz CT molecular complexity index is 1210. The average molecular weight is 414 g/mol. The van der Waals surface area contributed by atoms with Crippen LogP contribution in [0, 0.1) is 0 Å². The fraction of sp³-hybridized carbons (Fsp3) is 0.125. The molecule has 3 aromatic carbocycles. The minimum atomic E-state index is -0.192. The highest BCUT2D eigenvalue weighted by atomic mass is 32.1. The van der Waals surface area contributed by atoms with Gasteiger partial charge < -0.3 is 10.2 Å². The van der Waals surface area contributed by atoms with Crippen LogP contribution < -0.4 is 10.2 Å². The van der Waals surface area contributed by atoms with Gasteiger partial charge in [-0.15, -0.1) is 11.3 Å². The molecule has 5 nitrogen and oxygen atoms in total. The van der Waals surface area contributed by atoms with Gasteiger partial charge in [-0.1, -0.05) is 24.3 Å². The van der Waals surface area contributed by atoms with Crippen LogP contribution in [-0.4, -0.2) is 23.3 Å². The molecule has 1 aliphatic rings. The lowest BCUT2D eigenvalue weighted by Gasteiger charge is -2.16. The number of carbonyl (C=O) groups excluding carboxylic acids is 2. The molecule has 0 bridgehead atoms. The molecule has 5 rings (SSSR count). The number of hydrogen-bond donors (Lipinski definition) is 1. The van der Waals surface area contributed by atoms with E-state index >= 15 is 0 Å². The van der Waals surface area contributed by atoms with Crippen molar-refractivity contribution >= 4 is 44.7 Å². The first-order chi connectivity index (χ1) is 14.7. The van der Waals surface area contributed by atoms with Gasteiger partial charge >= 0.3 is 0 Å². The fourth-order valence-electron chi connectivity index (χ4n) is 3.67. The zero-order chi connectivity index (χ0) is 20.5. The summed E-state index contributed by atoms with van der Waals surface area (Å²) in [6.45, 7) is 0.736. The molecule has 0 saturated carbocycles. The zero-order valence-electron chi connectivity index (χ0n) is 16.2. The number of nitrogens with zero attached hydrogens (tertiary/aromatic N) is 2. The molecule has 1 saturated heterocycles. The molecule has 1 aromatic heterocycles. The molecule has 2 amide bonds. The maximum Gasteiger partial charge on any atom is 0.255 e. The number of nitrogens with one attached hydrogen (secondary N) is 1. The Balaban J connectivity index is 1.39. The molecule has 0 aliphatic carbocycles. The number of amides is 2. The van der Waals surface area contributed by atoms with Crippen LogP contribution in [0.25, 0.3) is 20.8 Å². The lowest BCUT2D eigenvalue weighted by atomic mass is 10.1. The second kappa shape index (κ2) is 7.72. The van der Waals surface area contributed by atoms with Crippen molar-refractivity contribution in [1.82, 2.24) is 4.98 Å². The van der Waals surface area contributed by atoms with Gasteiger partial charge in [0.2, 0.25) is 5.91 Å². The van der Waals surface area contributed by atoms with Crippen molar-refractivity contribution in [3.8, 4) is 10.6 Å². The van der Waals surface area contributed by atoms with Gasteiger partial charge in [0.25, 0.3) is 5.91 Å². The van der Waals surface area contributed by atoms with Gasteiger partial charge in [0.05, 0.1) is 15.9 Å². The van der Waals surface area contributed by atoms with Crippen molar-refractivity contribution in [2.75, 3.05) is 16.8 Å². The van der Waals surface area contributed by atoms with Crippen molar-refractivity contribution < 1.29 is 9.59 Å². The minimum absolute atomic E-state index is 0.136. The van der Waals surface area contributed by atoms with E-state index in [0.29, 0.717) is 12.0 Å². The van der Waals surface area contributed by atoms with Crippen molar-refractivity contribution in [3.63, 3.8) is 0 Å². The average Bonchev–Trinajstić information content (AvgIpc) is 3.40. The Morgan fingerprint density at radius 1 is 0.967 bits per heavy atom. The van der Waals surface area contributed by atoms with E-state index in [1.54, 1.807) is 28.4 Å². The third-order valence-corrected chi connectivity index (χ3v) is 6.28. The molecule has 30 heavy (non-hydrogen) atoms. The summed E-state index contributed by atoms with van der Waals surface area (Å²) in [4.78, 5) is 31.3. The Morgan fingerprint density at radius 2 is 1.73 bits per heavy atom. The van der Waals surface area contributed by atoms with Crippen LogP contribution >= 0.6 is 11.3 Å². The maximum absolute atomic E-state index is 12.9. The minimum Gasteiger partial charge on any atom is -0.321 e. The van der Waals surface area contributed by atoms with E-state index in [1.807, 2.05) is 60.7 Å². The predicted octanol–water partition coefficient (Wildman–Crippen LogP) is 5.34. The molecule has 1 fully saturated rings. The van der Waals surface area contributed by atoms with E-state index in [1.165, 1.54) is 0 Å². The largest absolute Gasteiger partial charge is 0.321 e. The molecule has 6 heteroatoms. The van der Waals surface area contributed by atoms with Gasteiger partial charge in [0, 0.05) is 29.8 Å². The topological polar surface area (TPSA) is 62.3 Å². The lowest BCUT2D eigenvalue weighted by molar-refractivity contribution is -0.117. The second-order valence-electron chi connectivity index (χ2n) is 7.18. The van der Waals surface area contributed by atoms with Crippen molar-refractivity contribution in [3.05, 3.63) is 78.4 Å². The van der Waals surface area contributed by atoms with E-state index in [4.69, 9.17) is 4.98 Å². The highest BCUT2D eigenvalue weighted by Crippen LogP contribution is 2.34. The molecule has 1 N–H and O–H groups in total. The maximum atomic E-state index is 12.9. The van der Waals surface area contributed by atoms with E-state index in [9.17, 15) is 9.59 Å². The van der Waals surface area contributed by atoms with Crippen molar-refractivity contribution in [2.24, 2.45) is 0 Å². The predicted molar refractivity (Wildman–Crippen MR) is 121 cm³/mol.